The summed E-state index contributed by atoms with van der Waals surface area (Å²) in [6.07, 6.45) is 14.7. The summed E-state index contributed by atoms with van der Waals surface area (Å²) in [4.78, 5) is 4.67. The van der Waals surface area contributed by atoms with Crippen LogP contribution in [0.25, 0.3) is 0 Å². The zero-order valence-corrected chi connectivity index (χ0v) is 12.2. The molecule has 0 aliphatic heterocycles. The normalized spacial score (nSPS) is 21.3. The zero-order chi connectivity index (χ0) is 13.1. The number of nitrogens with one attached hydrogen (secondary N) is 1. The van der Waals surface area contributed by atoms with Crippen LogP contribution in [-0.4, -0.2) is 15.6 Å². The van der Waals surface area contributed by atoms with Crippen molar-refractivity contribution >= 4 is 5.95 Å². The number of aryl methyl sites for hydroxylation is 2. The second-order valence-electron chi connectivity index (χ2n) is 6.46. The molecule has 2 saturated carbocycles. The largest absolute Gasteiger partial charge is 0.353 e. The molecule has 2 fully saturated rings. The molecule has 0 bridgehead atoms. The third-order valence-corrected chi connectivity index (χ3v) is 4.84. The lowest BCUT2D eigenvalue weighted by atomic mass is 10.0. The van der Waals surface area contributed by atoms with Crippen LogP contribution in [0.5, 0.6) is 0 Å². The van der Waals surface area contributed by atoms with Gasteiger partial charge >= 0.3 is 0 Å². The Labute approximate surface area is 116 Å². The van der Waals surface area contributed by atoms with E-state index in [2.05, 4.69) is 28.0 Å². The van der Waals surface area contributed by atoms with Crippen LogP contribution in [0, 0.1) is 12.8 Å². The van der Waals surface area contributed by atoms with Crippen molar-refractivity contribution in [1.29, 1.82) is 0 Å². The summed E-state index contributed by atoms with van der Waals surface area (Å²) in [5, 5.41) is 3.66. The van der Waals surface area contributed by atoms with Gasteiger partial charge in [-0.3, -0.25) is 0 Å². The van der Waals surface area contributed by atoms with E-state index < -0.39 is 0 Å². The molecule has 106 valence electrons. The monoisotopic (exact) mass is 261 g/mol. The molecule has 3 heteroatoms. The SMILES string of the molecule is Cc1cn(CCC2CCCC2)c(NC2CCCC2)n1. The summed E-state index contributed by atoms with van der Waals surface area (Å²) in [6.45, 7) is 3.24. The highest BCUT2D eigenvalue weighted by Crippen LogP contribution is 2.29. The Morgan fingerprint density at radius 3 is 2.58 bits per heavy atom. The molecular formula is C16H27N3. The van der Waals surface area contributed by atoms with Gasteiger partial charge in [-0.25, -0.2) is 4.98 Å². The maximum atomic E-state index is 4.67. The summed E-state index contributed by atoms with van der Waals surface area (Å²) >= 11 is 0. The Morgan fingerprint density at radius 1 is 1.16 bits per heavy atom. The fraction of sp³-hybridized carbons (Fsp3) is 0.812. The Morgan fingerprint density at radius 2 is 1.84 bits per heavy atom. The van der Waals surface area contributed by atoms with Crippen LogP contribution in [0.1, 0.15) is 63.5 Å². The average Bonchev–Trinajstić information content (AvgIpc) is 3.10. The first kappa shape index (κ1) is 13.0. The quantitative estimate of drug-likeness (QED) is 0.864. The molecule has 0 saturated heterocycles. The number of aromatic nitrogens is 2. The topological polar surface area (TPSA) is 29.9 Å². The molecule has 0 amide bonds. The Bertz CT molecular complexity index is 398. The predicted molar refractivity (Wildman–Crippen MR) is 79.4 cm³/mol. The Balaban J connectivity index is 1.59. The average molecular weight is 261 g/mol. The van der Waals surface area contributed by atoms with E-state index in [0.717, 1.165) is 24.1 Å². The third kappa shape index (κ3) is 3.31. The van der Waals surface area contributed by atoms with Crippen molar-refractivity contribution in [3.05, 3.63) is 11.9 Å². The van der Waals surface area contributed by atoms with Crippen molar-refractivity contribution in [2.75, 3.05) is 5.32 Å². The summed E-state index contributed by atoms with van der Waals surface area (Å²) in [5.41, 5.74) is 1.15. The first-order valence-electron chi connectivity index (χ1n) is 8.11. The van der Waals surface area contributed by atoms with E-state index in [0.29, 0.717) is 6.04 Å². The van der Waals surface area contributed by atoms with E-state index in [1.165, 1.54) is 57.8 Å². The van der Waals surface area contributed by atoms with E-state index in [1.807, 2.05) is 0 Å². The van der Waals surface area contributed by atoms with Crippen LogP contribution in [0.3, 0.4) is 0 Å². The van der Waals surface area contributed by atoms with Crippen molar-refractivity contribution in [1.82, 2.24) is 9.55 Å². The molecule has 3 nitrogen and oxygen atoms in total. The van der Waals surface area contributed by atoms with Crippen molar-refractivity contribution < 1.29 is 0 Å². The molecule has 0 atom stereocenters. The first-order chi connectivity index (χ1) is 9.31. The lowest BCUT2D eigenvalue weighted by molar-refractivity contribution is 0.459. The van der Waals surface area contributed by atoms with E-state index in [4.69, 9.17) is 0 Å². The molecule has 1 N–H and O–H groups in total. The fourth-order valence-electron chi connectivity index (χ4n) is 3.71. The molecule has 0 radical (unpaired) electrons. The maximum absolute atomic E-state index is 4.67. The van der Waals surface area contributed by atoms with Gasteiger partial charge in [0, 0.05) is 18.8 Å². The zero-order valence-electron chi connectivity index (χ0n) is 12.2. The van der Waals surface area contributed by atoms with Gasteiger partial charge in [-0.1, -0.05) is 38.5 Å². The van der Waals surface area contributed by atoms with E-state index >= 15 is 0 Å². The molecule has 1 heterocycles. The number of anilines is 1. The van der Waals surface area contributed by atoms with Crippen molar-refractivity contribution in [2.45, 2.75) is 77.3 Å². The van der Waals surface area contributed by atoms with Gasteiger partial charge in [0.05, 0.1) is 5.69 Å². The minimum absolute atomic E-state index is 0.659. The van der Waals surface area contributed by atoms with Gasteiger partial charge in [0.15, 0.2) is 0 Å². The minimum atomic E-state index is 0.659. The van der Waals surface area contributed by atoms with Gasteiger partial charge in [0.25, 0.3) is 0 Å². The number of nitrogens with zero attached hydrogens (tertiary/aromatic N) is 2. The molecule has 3 rings (SSSR count). The van der Waals surface area contributed by atoms with Crippen LogP contribution in [-0.2, 0) is 6.54 Å². The highest BCUT2D eigenvalue weighted by Gasteiger charge is 2.18. The number of rotatable bonds is 5. The molecule has 19 heavy (non-hydrogen) atoms. The Hall–Kier alpha value is -0.990. The molecule has 0 aromatic carbocycles. The van der Waals surface area contributed by atoms with Crippen molar-refractivity contribution in [3.63, 3.8) is 0 Å². The van der Waals surface area contributed by atoms with Gasteiger partial charge in [-0.2, -0.15) is 0 Å². The molecule has 0 unspecified atom stereocenters. The summed E-state index contributed by atoms with van der Waals surface area (Å²) in [7, 11) is 0. The van der Waals surface area contributed by atoms with Gasteiger partial charge in [0.1, 0.15) is 0 Å². The van der Waals surface area contributed by atoms with Gasteiger partial charge < -0.3 is 9.88 Å². The lowest BCUT2D eigenvalue weighted by Gasteiger charge is -2.16. The molecule has 1 aromatic rings. The van der Waals surface area contributed by atoms with Crippen LogP contribution >= 0.6 is 0 Å². The standard InChI is InChI=1S/C16H27N3/c1-13-12-19(11-10-14-6-2-3-7-14)16(17-13)18-15-8-4-5-9-15/h12,14-15H,2-11H2,1H3,(H,17,18). The third-order valence-electron chi connectivity index (χ3n) is 4.84. The second-order valence-corrected chi connectivity index (χ2v) is 6.46. The maximum Gasteiger partial charge on any atom is 0.203 e. The Kier molecular flexibility index (Phi) is 4.09. The molecule has 2 aliphatic rings. The van der Waals surface area contributed by atoms with E-state index in [9.17, 15) is 0 Å². The number of imidazole rings is 1. The van der Waals surface area contributed by atoms with Crippen LogP contribution in [0.15, 0.2) is 6.20 Å². The summed E-state index contributed by atoms with van der Waals surface area (Å²) in [5.74, 6) is 2.07. The van der Waals surface area contributed by atoms with E-state index in [-0.39, 0.29) is 0 Å². The number of hydrogen-bond donors (Lipinski definition) is 1. The smallest absolute Gasteiger partial charge is 0.203 e. The van der Waals surface area contributed by atoms with Crippen LogP contribution in [0.4, 0.5) is 5.95 Å². The molecule has 2 aliphatic carbocycles. The van der Waals surface area contributed by atoms with Gasteiger partial charge in [-0.05, 0) is 32.1 Å². The molecular weight excluding hydrogens is 234 g/mol. The highest BCUT2D eigenvalue weighted by molar-refractivity contribution is 5.30. The molecule has 1 aromatic heterocycles. The van der Waals surface area contributed by atoms with Crippen molar-refractivity contribution in [3.8, 4) is 0 Å². The fourth-order valence-corrected chi connectivity index (χ4v) is 3.71. The molecule has 0 spiro atoms. The van der Waals surface area contributed by atoms with E-state index in [1.54, 1.807) is 0 Å². The van der Waals surface area contributed by atoms with Crippen molar-refractivity contribution in [2.24, 2.45) is 5.92 Å². The summed E-state index contributed by atoms with van der Waals surface area (Å²) < 4.78 is 2.35. The second kappa shape index (κ2) is 5.98. The minimum Gasteiger partial charge on any atom is -0.353 e. The van der Waals surface area contributed by atoms with Gasteiger partial charge in [0.2, 0.25) is 5.95 Å². The lowest BCUT2D eigenvalue weighted by Crippen LogP contribution is -2.18. The van der Waals surface area contributed by atoms with Crippen LogP contribution < -0.4 is 5.32 Å². The predicted octanol–water partition coefficient (Wildman–Crippen LogP) is 4.13. The summed E-state index contributed by atoms with van der Waals surface area (Å²) in [6, 6.07) is 0.659. The first-order valence-corrected chi connectivity index (χ1v) is 8.11. The highest BCUT2D eigenvalue weighted by atomic mass is 15.2. The number of hydrogen-bond acceptors (Lipinski definition) is 2. The van der Waals surface area contributed by atoms with Gasteiger partial charge in [-0.15, -0.1) is 0 Å². The van der Waals surface area contributed by atoms with Crippen LogP contribution in [0.2, 0.25) is 0 Å².